The molecule has 1 aliphatic heterocycles. The molecular weight excluding hydrogens is 272 g/mol. The zero-order valence-electron chi connectivity index (χ0n) is 8.35. The van der Waals surface area contributed by atoms with Crippen molar-refractivity contribution in [2.45, 2.75) is 25.8 Å². The molecule has 0 amide bonds. The molecule has 0 unspecified atom stereocenters. The Bertz CT molecular complexity index is 410. The van der Waals surface area contributed by atoms with Crippen LogP contribution >= 0.6 is 28.3 Å². The summed E-state index contributed by atoms with van der Waals surface area (Å²) in [4.78, 5) is 5.95. The van der Waals surface area contributed by atoms with E-state index in [0.29, 0.717) is 0 Å². The lowest BCUT2D eigenvalue weighted by Gasteiger charge is -2.11. The van der Waals surface area contributed by atoms with E-state index < -0.39 is 0 Å². The quantitative estimate of drug-likeness (QED) is 0.783. The van der Waals surface area contributed by atoms with Gasteiger partial charge in [0.15, 0.2) is 0 Å². The molecular formula is C11H13BrN2S. The SMILES string of the molecule is Br.c1csc(-c2cn3c(n2)CCCC3)c1. The van der Waals surface area contributed by atoms with Gasteiger partial charge in [0.1, 0.15) is 5.82 Å². The third kappa shape index (κ3) is 2.01. The van der Waals surface area contributed by atoms with Crippen LogP contribution in [0.1, 0.15) is 18.7 Å². The van der Waals surface area contributed by atoms with Crippen LogP contribution in [0.15, 0.2) is 23.7 Å². The number of rotatable bonds is 1. The lowest BCUT2D eigenvalue weighted by atomic mass is 10.2. The molecule has 3 heterocycles. The summed E-state index contributed by atoms with van der Waals surface area (Å²) in [7, 11) is 0. The Morgan fingerprint density at radius 2 is 2.27 bits per heavy atom. The van der Waals surface area contributed by atoms with Gasteiger partial charge in [-0.05, 0) is 24.3 Å². The van der Waals surface area contributed by atoms with E-state index in [2.05, 4.69) is 33.3 Å². The van der Waals surface area contributed by atoms with E-state index in [-0.39, 0.29) is 17.0 Å². The minimum absolute atomic E-state index is 0. The van der Waals surface area contributed by atoms with Gasteiger partial charge in [0, 0.05) is 19.2 Å². The van der Waals surface area contributed by atoms with Crippen LogP contribution in [0.4, 0.5) is 0 Å². The van der Waals surface area contributed by atoms with Gasteiger partial charge in [-0.25, -0.2) is 4.98 Å². The van der Waals surface area contributed by atoms with Crippen molar-refractivity contribution in [2.24, 2.45) is 0 Å². The molecule has 2 aromatic heterocycles. The monoisotopic (exact) mass is 284 g/mol. The molecule has 3 rings (SSSR count). The fourth-order valence-corrected chi connectivity index (χ4v) is 2.64. The van der Waals surface area contributed by atoms with Crippen molar-refractivity contribution in [2.75, 3.05) is 0 Å². The summed E-state index contributed by atoms with van der Waals surface area (Å²) < 4.78 is 2.30. The number of hydrogen-bond acceptors (Lipinski definition) is 2. The number of thiophene rings is 1. The number of imidazole rings is 1. The van der Waals surface area contributed by atoms with Crippen molar-refractivity contribution in [3.8, 4) is 10.6 Å². The van der Waals surface area contributed by atoms with E-state index in [4.69, 9.17) is 0 Å². The van der Waals surface area contributed by atoms with Crippen LogP contribution in [0.5, 0.6) is 0 Å². The molecule has 0 N–H and O–H groups in total. The first-order valence-corrected chi connectivity index (χ1v) is 5.91. The van der Waals surface area contributed by atoms with E-state index in [1.54, 1.807) is 11.3 Å². The van der Waals surface area contributed by atoms with E-state index >= 15 is 0 Å². The van der Waals surface area contributed by atoms with Gasteiger partial charge in [0.05, 0.1) is 10.6 Å². The van der Waals surface area contributed by atoms with Gasteiger partial charge < -0.3 is 4.57 Å². The van der Waals surface area contributed by atoms with Gasteiger partial charge in [-0.1, -0.05) is 6.07 Å². The van der Waals surface area contributed by atoms with Gasteiger partial charge in [-0.2, -0.15) is 0 Å². The second-order valence-electron chi connectivity index (χ2n) is 3.67. The van der Waals surface area contributed by atoms with Crippen molar-refractivity contribution >= 4 is 28.3 Å². The maximum Gasteiger partial charge on any atom is 0.109 e. The van der Waals surface area contributed by atoms with Crippen LogP contribution in [-0.2, 0) is 13.0 Å². The number of hydrogen-bond donors (Lipinski definition) is 0. The van der Waals surface area contributed by atoms with Gasteiger partial charge in [-0.15, -0.1) is 28.3 Å². The fraction of sp³-hybridized carbons (Fsp3) is 0.364. The highest BCUT2D eigenvalue weighted by Crippen LogP contribution is 2.25. The molecule has 0 fully saturated rings. The molecule has 80 valence electrons. The Balaban J connectivity index is 0.000000853. The zero-order valence-corrected chi connectivity index (χ0v) is 10.9. The highest BCUT2D eigenvalue weighted by atomic mass is 79.9. The number of aryl methyl sites for hydroxylation is 2. The first kappa shape index (κ1) is 10.9. The van der Waals surface area contributed by atoms with E-state index in [9.17, 15) is 0 Å². The van der Waals surface area contributed by atoms with Gasteiger partial charge in [0.25, 0.3) is 0 Å². The maximum absolute atomic E-state index is 4.67. The third-order valence-corrected chi connectivity index (χ3v) is 3.57. The predicted octanol–water partition coefficient (Wildman–Crippen LogP) is 3.53. The van der Waals surface area contributed by atoms with E-state index in [1.807, 2.05) is 0 Å². The van der Waals surface area contributed by atoms with Crippen molar-refractivity contribution in [3.63, 3.8) is 0 Å². The fourth-order valence-electron chi connectivity index (χ4n) is 1.96. The molecule has 15 heavy (non-hydrogen) atoms. The second kappa shape index (κ2) is 4.49. The number of nitrogens with zero attached hydrogens (tertiary/aromatic N) is 2. The Hall–Kier alpha value is -0.610. The van der Waals surface area contributed by atoms with Crippen LogP contribution in [0.3, 0.4) is 0 Å². The van der Waals surface area contributed by atoms with Gasteiger partial charge in [0.2, 0.25) is 0 Å². The third-order valence-electron chi connectivity index (χ3n) is 2.68. The summed E-state index contributed by atoms with van der Waals surface area (Å²) >= 11 is 1.76. The Morgan fingerprint density at radius 3 is 3.00 bits per heavy atom. The molecule has 4 heteroatoms. The highest BCUT2D eigenvalue weighted by Gasteiger charge is 2.13. The maximum atomic E-state index is 4.67. The Kier molecular flexibility index (Phi) is 3.26. The summed E-state index contributed by atoms with van der Waals surface area (Å²) in [6.07, 6.45) is 5.93. The molecule has 0 atom stereocenters. The van der Waals surface area contributed by atoms with Crippen LogP contribution in [0, 0.1) is 0 Å². The van der Waals surface area contributed by atoms with E-state index in [1.165, 1.54) is 23.5 Å². The van der Waals surface area contributed by atoms with Crippen molar-refractivity contribution in [1.82, 2.24) is 9.55 Å². The van der Waals surface area contributed by atoms with Gasteiger partial charge in [-0.3, -0.25) is 0 Å². The topological polar surface area (TPSA) is 17.8 Å². The number of aromatic nitrogens is 2. The first-order valence-electron chi connectivity index (χ1n) is 5.03. The van der Waals surface area contributed by atoms with Crippen molar-refractivity contribution in [1.29, 1.82) is 0 Å². The number of halogens is 1. The van der Waals surface area contributed by atoms with Crippen molar-refractivity contribution < 1.29 is 0 Å². The molecule has 0 radical (unpaired) electrons. The summed E-state index contributed by atoms with van der Waals surface area (Å²) in [5.74, 6) is 1.26. The minimum atomic E-state index is 0. The van der Waals surface area contributed by atoms with Crippen LogP contribution in [0.2, 0.25) is 0 Å². The van der Waals surface area contributed by atoms with E-state index in [0.717, 1.165) is 18.7 Å². The van der Waals surface area contributed by atoms with Crippen molar-refractivity contribution in [3.05, 3.63) is 29.5 Å². The smallest absolute Gasteiger partial charge is 0.109 e. The lowest BCUT2D eigenvalue weighted by molar-refractivity contribution is 0.522. The molecule has 0 aliphatic carbocycles. The molecule has 2 aromatic rings. The summed E-state index contributed by atoms with van der Waals surface area (Å²) in [6, 6.07) is 4.22. The minimum Gasteiger partial charge on any atom is -0.334 e. The lowest BCUT2D eigenvalue weighted by Crippen LogP contribution is -2.08. The summed E-state index contributed by atoms with van der Waals surface area (Å²) in [6.45, 7) is 1.15. The Labute approximate surface area is 104 Å². The summed E-state index contributed by atoms with van der Waals surface area (Å²) in [5.41, 5.74) is 1.15. The summed E-state index contributed by atoms with van der Waals surface area (Å²) in [5, 5.41) is 2.10. The normalized spacial score (nSPS) is 14.4. The average Bonchev–Trinajstić information content (AvgIpc) is 2.86. The predicted molar refractivity (Wildman–Crippen MR) is 68.8 cm³/mol. The first-order chi connectivity index (χ1) is 6.93. The van der Waals surface area contributed by atoms with Gasteiger partial charge >= 0.3 is 0 Å². The molecule has 0 saturated carbocycles. The van der Waals surface area contributed by atoms with Crippen LogP contribution in [-0.4, -0.2) is 9.55 Å². The average molecular weight is 285 g/mol. The molecule has 0 bridgehead atoms. The standard InChI is InChI=1S/C11H12N2S.BrH/c1-2-6-13-8-9(12-11(13)5-1)10-4-3-7-14-10;/h3-4,7-8H,1-2,5-6H2;1H. The molecule has 0 saturated heterocycles. The molecule has 1 aliphatic rings. The Morgan fingerprint density at radius 1 is 1.33 bits per heavy atom. The largest absolute Gasteiger partial charge is 0.334 e. The number of fused-ring (bicyclic) bond motifs is 1. The molecule has 0 spiro atoms. The molecule has 2 nitrogen and oxygen atoms in total. The molecule has 0 aromatic carbocycles. The second-order valence-corrected chi connectivity index (χ2v) is 4.62. The zero-order chi connectivity index (χ0) is 9.38. The van der Waals surface area contributed by atoms with Crippen LogP contribution in [0.25, 0.3) is 10.6 Å². The van der Waals surface area contributed by atoms with Crippen LogP contribution < -0.4 is 0 Å². The highest BCUT2D eigenvalue weighted by molar-refractivity contribution is 8.93.